The van der Waals surface area contributed by atoms with E-state index < -0.39 is 5.97 Å². The summed E-state index contributed by atoms with van der Waals surface area (Å²) < 4.78 is 7.45. The number of benzene rings is 4. The number of aliphatic imine (C=N–C) groups is 1. The molecule has 4 aromatic carbocycles. The zero-order valence-corrected chi connectivity index (χ0v) is 25.7. The quantitative estimate of drug-likeness (QED) is 0.179. The van der Waals surface area contributed by atoms with Gasteiger partial charge in [0, 0.05) is 0 Å². The van der Waals surface area contributed by atoms with Gasteiger partial charge in [0.05, 0.1) is 32.5 Å². The number of halogens is 2. The number of aromatic carboxylic acids is 1. The molecule has 0 saturated carbocycles. The van der Waals surface area contributed by atoms with Gasteiger partial charge in [0.15, 0.2) is 5.17 Å². The minimum absolute atomic E-state index is 0.0944. The molecule has 1 amide bonds. The van der Waals surface area contributed by atoms with Crippen LogP contribution in [0.4, 0.5) is 0 Å². The Morgan fingerprint density at radius 3 is 2.10 bits per heavy atom. The minimum atomic E-state index is -0.968. The molecule has 5 rings (SSSR count). The minimum Gasteiger partial charge on any atom is -0.487 e. The van der Waals surface area contributed by atoms with Gasteiger partial charge in [0.25, 0.3) is 5.91 Å². The largest absolute Gasteiger partial charge is 0.487 e. The van der Waals surface area contributed by atoms with E-state index in [1.807, 2.05) is 78.9 Å². The van der Waals surface area contributed by atoms with Crippen LogP contribution in [0.5, 0.6) is 5.75 Å². The fraction of sp³-hybridized carbons (Fsp3) is 0.0938. The van der Waals surface area contributed by atoms with E-state index in [0.717, 1.165) is 31.2 Å². The summed E-state index contributed by atoms with van der Waals surface area (Å²) in [4.78, 5) is 31.8. The maximum Gasteiger partial charge on any atom is 0.335 e. The maximum atomic E-state index is 13.6. The number of amides is 1. The lowest BCUT2D eigenvalue weighted by Gasteiger charge is -2.15. The number of carboxylic acid groups (broad SMARTS) is 1. The van der Waals surface area contributed by atoms with Crippen molar-refractivity contribution in [2.75, 3.05) is 0 Å². The summed E-state index contributed by atoms with van der Waals surface area (Å²) in [6, 6.07) is 30.2. The molecule has 0 unspecified atom stereocenters. The number of thioether (sulfide) groups is 1. The summed E-state index contributed by atoms with van der Waals surface area (Å²) in [6.07, 6.45) is 1.86. The highest BCUT2D eigenvalue weighted by molar-refractivity contribution is 9.11. The third kappa shape index (κ3) is 7.35. The van der Waals surface area contributed by atoms with Crippen LogP contribution in [0.3, 0.4) is 0 Å². The van der Waals surface area contributed by atoms with Crippen molar-refractivity contribution in [1.29, 1.82) is 0 Å². The first kappa shape index (κ1) is 28.9. The molecule has 41 heavy (non-hydrogen) atoms. The number of hydrogen-bond acceptors (Lipinski definition) is 5. The number of carbonyl (C=O) groups excluding carboxylic acids is 1. The first-order valence-corrected chi connectivity index (χ1v) is 15.1. The molecule has 1 heterocycles. The molecule has 1 N–H and O–H groups in total. The van der Waals surface area contributed by atoms with Crippen molar-refractivity contribution < 1.29 is 19.4 Å². The van der Waals surface area contributed by atoms with Crippen molar-refractivity contribution in [2.45, 2.75) is 19.7 Å². The first-order valence-electron chi connectivity index (χ1n) is 12.6. The molecule has 206 valence electrons. The third-order valence-corrected chi connectivity index (χ3v) is 8.44. The average molecular weight is 692 g/mol. The van der Waals surface area contributed by atoms with E-state index >= 15 is 0 Å². The highest BCUT2D eigenvalue weighted by Crippen LogP contribution is 2.38. The Morgan fingerprint density at radius 1 is 0.878 bits per heavy atom. The normalized spacial score (nSPS) is 15.1. The van der Waals surface area contributed by atoms with Gasteiger partial charge < -0.3 is 9.84 Å². The lowest BCUT2D eigenvalue weighted by Crippen LogP contribution is -2.28. The predicted molar refractivity (Wildman–Crippen MR) is 170 cm³/mol. The number of nitrogens with zero attached hydrogens (tertiary/aromatic N) is 2. The molecule has 1 aliphatic heterocycles. The number of rotatable bonds is 9. The van der Waals surface area contributed by atoms with E-state index in [4.69, 9.17) is 14.8 Å². The predicted octanol–water partition coefficient (Wildman–Crippen LogP) is 8.16. The van der Waals surface area contributed by atoms with Crippen LogP contribution in [0, 0.1) is 0 Å². The van der Waals surface area contributed by atoms with E-state index in [9.17, 15) is 9.59 Å². The maximum absolute atomic E-state index is 13.6. The highest BCUT2D eigenvalue weighted by atomic mass is 79.9. The van der Waals surface area contributed by atoms with Gasteiger partial charge in [0.1, 0.15) is 12.4 Å². The van der Waals surface area contributed by atoms with Gasteiger partial charge in [-0.25, -0.2) is 4.79 Å². The van der Waals surface area contributed by atoms with Gasteiger partial charge in [-0.3, -0.25) is 14.7 Å². The summed E-state index contributed by atoms with van der Waals surface area (Å²) in [5.74, 6) is -0.455. The lowest BCUT2D eigenvalue weighted by atomic mass is 10.1. The molecule has 1 fully saturated rings. The highest BCUT2D eigenvalue weighted by Gasteiger charge is 2.33. The van der Waals surface area contributed by atoms with Crippen LogP contribution in [-0.2, 0) is 24.5 Å². The fourth-order valence-electron chi connectivity index (χ4n) is 4.12. The van der Waals surface area contributed by atoms with Crippen LogP contribution < -0.4 is 4.74 Å². The molecule has 1 aliphatic rings. The lowest BCUT2D eigenvalue weighted by molar-refractivity contribution is -0.122. The third-order valence-electron chi connectivity index (χ3n) is 6.21. The zero-order chi connectivity index (χ0) is 28.8. The molecule has 6 nitrogen and oxygen atoms in total. The number of carboxylic acids is 1. The van der Waals surface area contributed by atoms with Gasteiger partial charge in [-0.05, 0) is 96.2 Å². The van der Waals surface area contributed by atoms with Crippen LogP contribution in [0.15, 0.2) is 116 Å². The monoisotopic (exact) mass is 690 g/mol. The molecule has 9 heteroatoms. The Kier molecular flexibility index (Phi) is 9.38. The van der Waals surface area contributed by atoms with Crippen LogP contribution in [0.1, 0.15) is 32.6 Å². The van der Waals surface area contributed by atoms with Crippen molar-refractivity contribution in [3.05, 3.63) is 139 Å². The Hall–Kier alpha value is -3.66. The summed E-state index contributed by atoms with van der Waals surface area (Å²) in [5.41, 5.74) is 3.99. The molecular weight excluding hydrogens is 668 g/mol. The molecule has 0 bridgehead atoms. The first-order chi connectivity index (χ1) is 19.9. The Labute approximate surface area is 259 Å². The summed E-state index contributed by atoms with van der Waals surface area (Å²) in [5, 5.41) is 9.76. The van der Waals surface area contributed by atoms with E-state index in [2.05, 4.69) is 31.9 Å². The topological polar surface area (TPSA) is 79.2 Å². The molecular formula is C32H24Br2N2O4S. The number of carbonyl (C=O) groups is 2. The second kappa shape index (κ2) is 13.3. The second-order valence-corrected chi connectivity index (χ2v) is 11.9. The van der Waals surface area contributed by atoms with Gasteiger partial charge >= 0.3 is 5.97 Å². The molecule has 0 spiro atoms. The number of ether oxygens (including phenoxy) is 1. The van der Waals surface area contributed by atoms with Crippen molar-refractivity contribution in [3.63, 3.8) is 0 Å². The van der Waals surface area contributed by atoms with E-state index in [0.29, 0.717) is 28.9 Å². The van der Waals surface area contributed by atoms with E-state index in [-0.39, 0.29) is 18.1 Å². The molecule has 0 atom stereocenters. The van der Waals surface area contributed by atoms with Crippen molar-refractivity contribution >= 4 is 66.7 Å². The Morgan fingerprint density at radius 2 is 1.49 bits per heavy atom. The van der Waals surface area contributed by atoms with Crippen LogP contribution >= 0.6 is 43.6 Å². The standard InChI is InChI=1S/C32H24Br2N2O4S/c33-26-15-24(16-27(34)29(26)40-20-23-11-13-25(14-12-23)31(38)39)17-28-30(37)36(19-22-9-5-2-6-10-22)32(41-28)35-18-21-7-3-1-4-8-21/h1-17H,18-20H2,(H,38,39)/b28-17+,35-32?. The smallest absolute Gasteiger partial charge is 0.335 e. The van der Waals surface area contributed by atoms with Gasteiger partial charge in [0.2, 0.25) is 0 Å². The van der Waals surface area contributed by atoms with Gasteiger partial charge in [-0.15, -0.1) is 0 Å². The second-order valence-electron chi connectivity index (χ2n) is 9.18. The molecule has 0 radical (unpaired) electrons. The van der Waals surface area contributed by atoms with Gasteiger partial charge in [-0.1, -0.05) is 72.8 Å². The molecule has 1 saturated heterocycles. The summed E-state index contributed by atoms with van der Waals surface area (Å²) in [6.45, 7) is 1.18. The summed E-state index contributed by atoms with van der Waals surface area (Å²) in [7, 11) is 0. The average Bonchev–Trinajstić information content (AvgIpc) is 3.26. The van der Waals surface area contributed by atoms with Crippen molar-refractivity contribution in [3.8, 4) is 5.75 Å². The van der Waals surface area contributed by atoms with E-state index in [1.54, 1.807) is 29.2 Å². The molecule has 4 aromatic rings. The summed E-state index contributed by atoms with van der Waals surface area (Å²) >= 11 is 8.57. The van der Waals surface area contributed by atoms with Crippen LogP contribution in [0.25, 0.3) is 6.08 Å². The Bertz CT molecular complexity index is 1600. The SMILES string of the molecule is O=C(O)c1ccc(COc2c(Br)cc(/C=C3/SC(=NCc4ccccc4)N(Cc4ccccc4)C3=O)cc2Br)cc1. The van der Waals surface area contributed by atoms with Crippen LogP contribution in [-0.4, -0.2) is 27.1 Å². The fourth-order valence-corrected chi connectivity index (χ4v) is 6.55. The van der Waals surface area contributed by atoms with Crippen molar-refractivity contribution in [1.82, 2.24) is 4.90 Å². The van der Waals surface area contributed by atoms with Crippen LogP contribution in [0.2, 0.25) is 0 Å². The zero-order valence-electron chi connectivity index (χ0n) is 21.7. The molecule has 0 aromatic heterocycles. The van der Waals surface area contributed by atoms with Gasteiger partial charge in [-0.2, -0.15) is 0 Å². The Balaban J connectivity index is 1.36. The number of amidine groups is 1. The van der Waals surface area contributed by atoms with Crippen molar-refractivity contribution in [2.24, 2.45) is 4.99 Å². The van der Waals surface area contributed by atoms with E-state index in [1.165, 1.54) is 11.8 Å². The molecule has 0 aliphatic carbocycles. The number of hydrogen-bond donors (Lipinski definition) is 1.